The molecule has 0 fully saturated rings. The summed E-state index contributed by atoms with van der Waals surface area (Å²) in [5.74, 6) is 0. The third kappa shape index (κ3) is 3.88. The van der Waals surface area contributed by atoms with Crippen LogP contribution in [0.4, 0.5) is 0 Å². The minimum Gasteiger partial charge on any atom is -0.385 e. The highest BCUT2D eigenvalue weighted by Gasteiger charge is 2.24. The van der Waals surface area contributed by atoms with Crippen LogP contribution in [0.5, 0.6) is 0 Å². The maximum atomic E-state index is 10.2. The Hall–Kier alpha value is -1.23. The summed E-state index contributed by atoms with van der Waals surface area (Å²) in [7, 11) is 1.65. The van der Waals surface area contributed by atoms with Gasteiger partial charge in [0.2, 0.25) is 0 Å². The average molecular weight is 291 g/mol. The number of thiazole rings is 1. The summed E-state index contributed by atoms with van der Waals surface area (Å²) in [5, 5.41) is 11.3. The number of ether oxygens (including phenoxy) is 1. The SMILES string of the molecule is COCc1nc(CCc2ccccc2)sc1C(C)(C)O. The molecule has 0 aliphatic heterocycles. The van der Waals surface area contributed by atoms with Crippen LogP contribution >= 0.6 is 11.3 Å². The van der Waals surface area contributed by atoms with Crippen molar-refractivity contribution in [3.63, 3.8) is 0 Å². The van der Waals surface area contributed by atoms with Crippen molar-refractivity contribution >= 4 is 11.3 Å². The number of hydrogen-bond donors (Lipinski definition) is 1. The number of aliphatic hydroxyl groups is 1. The summed E-state index contributed by atoms with van der Waals surface area (Å²) in [4.78, 5) is 5.52. The van der Waals surface area contributed by atoms with Crippen LogP contribution in [-0.2, 0) is 29.8 Å². The Morgan fingerprint density at radius 1 is 1.20 bits per heavy atom. The number of aromatic nitrogens is 1. The van der Waals surface area contributed by atoms with Gasteiger partial charge in [-0.2, -0.15) is 0 Å². The molecule has 0 radical (unpaired) electrons. The molecule has 0 bridgehead atoms. The van der Waals surface area contributed by atoms with Gasteiger partial charge in [0.05, 0.1) is 27.8 Å². The molecule has 108 valence electrons. The predicted molar refractivity (Wildman–Crippen MR) is 81.9 cm³/mol. The van der Waals surface area contributed by atoms with Crippen LogP contribution in [-0.4, -0.2) is 17.2 Å². The highest BCUT2D eigenvalue weighted by atomic mass is 32.1. The fraction of sp³-hybridized carbons (Fsp3) is 0.438. The largest absolute Gasteiger partial charge is 0.385 e. The summed E-state index contributed by atoms with van der Waals surface area (Å²) in [6, 6.07) is 10.4. The van der Waals surface area contributed by atoms with Crippen molar-refractivity contribution in [2.24, 2.45) is 0 Å². The van der Waals surface area contributed by atoms with Crippen LogP contribution in [0.15, 0.2) is 30.3 Å². The van der Waals surface area contributed by atoms with Crippen LogP contribution in [0.3, 0.4) is 0 Å². The number of methoxy groups -OCH3 is 1. The second-order valence-corrected chi connectivity index (χ2v) is 6.44. The van der Waals surface area contributed by atoms with Crippen molar-refractivity contribution < 1.29 is 9.84 Å². The van der Waals surface area contributed by atoms with Gasteiger partial charge >= 0.3 is 0 Å². The zero-order valence-corrected chi connectivity index (χ0v) is 13.0. The molecule has 1 aromatic heterocycles. The van der Waals surface area contributed by atoms with Crippen molar-refractivity contribution in [2.75, 3.05) is 7.11 Å². The zero-order valence-electron chi connectivity index (χ0n) is 12.2. The second-order valence-electron chi connectivity index (χ2n) is 5.36. The Morgan fingerprint density at radius 2 is 1.90 bits per heavy atom. The van der Waals surface area contributed by atoms with Crippen molar-refractivity contribution in [1.29, 1.82) is 0 Å². The molecule has 0 saturated carbocycles. The van der Waals surface area contributed by atoms with Gasteiger partial charge in [-0.3, -0.25) is 0 Å². The fourth-order valence-electron chi connectivity index (χ4n) is 2.12. The lowest BCUT2D eigenvalue weighted by molar-refractivity contribution is 0.0782. The lowest BCUT2D eigenvalue weighted by Crippen LogP contribution is -2.16. The molecule has 1 N–H and O–H groups in total. The minimum absolute atomic E-state index is 0.446. The summed E-state index contributed by atoms with van der Waals surface area (Å²) < 4.78 is 5.17. The number of benzene rings is 1. The predicted octanol–water partition coefficient (Wildman–Crippen LogP) is 3.30. The highest BCUT2D eigenvalue weighted by molar-refractivity contribution is 7.11. The molecule has 4 heteroatoms. The van der Waals surface area contributed by atoms with Crippen LogP contribution < -0.4 is 0 Å². The summed E-state index contributed by atoms with van der Waals surface area (Å²) in [6.45, 7) is 4.03. The molecule has 0 aliphatic rings. The molecule has 1 aromatic carbocycles. The van der Waals surface area contributed by atoms with E-state index < -0.39 is 5.60 Å². The van der Waals surface area contributed by atoms with E-state index in [1.165, 1.54) is 5.56 Å². The molecule has 0 saturated heterocycles. The standard InChI is InChI=1S/C16H21NO2S/c1-16(2,18)15-13(11-19-3)17-14(20-15)10-9-12-7-5-4-6-8-12/h4-8,18H,9-11H2,1-3H3. The van der Waals surface area contributed by atoms with Gasteiger partial charge in [-0.1, -0.05) is 30.3 Å². The first kappa shape index (κ1) is 15.2. The van der Waals surface area contributed by atoms with Gasteiger partial charge in [0.1, 0.15) is 0 Å². The lowest BCUT2D eigenvalue weighted by Gasteiger charge is -2.16. The van der Waals surface area contributed by atoms with E-state index in [1.807, 2.05) is 6.07 Å². The van der Waals surface area contributed by atoms with Gasteiger partial charge < -0.3 is 9.84 Å². The first-order chi connectivity index (χ1) is 9.50. The van der Waals surface area contributed by atoms with E-state index in [0.717, 1.165) is 28.4 Å². The Kier molecular flexibility index (Phi) is 4.91. The molecular weight excluding hydrogens is 270 g/mol. The zero-order chi connectivity index (χ0) is 14.6. The molecule has 0 unspecified atom stereocenters. The Balaban J connectivity index is 2.12. The Labute approximate surface area is 124 Å². The maximum Gasteiger partial charge on any atom is 0.0951 e. The van der Waals surface area contributed by atoms with Crippen LogP contribution in [0.25, 0.3) is 0 Å². The maximum absolute atomic E-state index is 10.2. The lowest BCUT2D eigenvalue weighted by atomic mass is 10.1. The molecule has 20 heavy (non-hydrogen) atoms. The van der Waals surface area contributed by atoms with E-state index in [9.17, 15) is 5.11 Å². The van der Waals surface area contributed by atoms with Gasteiger partial charge in [0.15, 0.2) is 0 Å². The smallest absolute Gasteiger partial charge is 0.0951 e. The van der Waals surface area contributed by atoms with Crippen LogP contribution in [0, 0.1) is 0 Å². The highest BCUT2D eigenvalue weighted by Crippen LogP contribution is 2.31. The normalized spacial score (nSPS) is 11.8. The van der Waals surface area contributed by atoms with Crippen molar-refractivity contribution in [3.8, 4) is 0 Å². The van der Waals surface area contributed by atoms with E-state index >= 15 is 0 Å². The third-order valence-electron chi connectivity index (χ3n) is 3.05. The fourth-order valence-corrected chi connectivity index (χ4v) is 3.18. The van der Waals surface area contributed by atoms with Gasteiger partial charge in [0.25, 0.3) is 0 Å². The Morgan fingerprint density at radius 3 is 2.50 bits per heavy atom. The average Bonchev–Trinajstić information content (AvgIpc) is 2.81. The van der Waals surface area contributed by atoms with Crippen molar-refractivity contribution in [2.45, 2.75) is 38.9 Å². The number of rotatable bonds is 6. The summed E-state index contributed by atoms with van der Waals surface area (Å²) in [6.07, 6.45) is 1.85. The molecule has 0 spiro atoms. The quantitative estimate of drug-likeness (QED) is 0.888. The van der Waals surface area contributed by atoms with E-state index in [2.05, 4.69) is 29.2 Å². The summed E-state index contributed by atoms with van der Waals surface area (Å²) in [5.41, 5.74) is 1.30. The van der Waals surface area contributed by atoms with Gasteiger partial charge in [-0.15, -0.1) is 11.3 Å². The Bertz CT molecular complexity index is 543. The van der Waals surface area contributed by atoms with Crippen molar-refractivity contribution in [3.05, 3.63) is 51.5 Å². The van der Waals surface area contributed by atoms with E-state index in [1.54, 1.807) is 32.3 Å². The van der Waals surface area contributed by atoms with Crippen molar-refractivity contribution in [1.82, 2.24) is 4.98 Å². The second kappa shape index (κ2) is 6.48. The third-order valence-corrected chi connectivity index (χ3v) is 4.52. The monoisotopic (exact) mass is 291 g/mol. The summed E-state index contributed by atoms with van der Waals surface area (Å²) >= 11 is 1.58. The topological polar surface area (TPSA) is 42.4 Å². The van der Waals surface area contributed by atoms with Crippen LogP contribution in [0.2, 0.25) is 0 Å². The molecule has 3 nitrogen and oxygen atoms in total. The molecular formula is C16H21NO2S. The number of nitrogens with zero attached hydrogens (tertiary/aromatic N) is 1. The molecule has 1 heterocycles. The number of aryl methyl sites for hydroxylation is 2. The van der Waals surface area contributed by atoms with Crippen LogP contribution in [0.1, 0.15) is 35.0 Å². The first-order valence-corrected chi connectivity index (χ1v) is 7.56. The van der Waals surface area contributed by atoms with Gasteiger partial charge in [-0.05, 0) is 25.8 Å². The van der Waals surface area contributed by atoms with Gasteiger partial charge in [0, 0.05) is 13.5 Å². The molecule has 0 amide bonds. The molecule has 0 aliphatic carbocycles. The van der Waals surface area contributed by atoms with E-state index in [4.69, 9.17) is 4.74 Å². The minimum atomic E-state index is -0.865. The van der Waals surface area contributed by atoms with Gasteiger partial charge in [-0.25, -0.2) is 4.98 Å². The molecule has 0 atom stereocenters. The first-order valence-electron chi connectivity index (χ1n) is 6.75. The van der Waals surface area contributed by atoms with E-state index in [-0.39, 0.29) is 0 Å². The molecule has 2 aromatic rings. The molecule has 2 rings (SSSR count). The number of hydrogen-bond acceptors (Lipinski definition) is 4. The van der Waals surface area contributed by atoms with E-state index in [0.29, 0.717) is 6.61 Å².